The van der Waals surface area contributed by atoms with Crippen LogP contribution >= 0.6 is 23.2 Å². The second-order valence-corrected chi connectivity index (χ2v) is 6.92. The lowest BCUT2D eigenvalue weighted by Crippen LogP contribution is -2.17. The number of rotatable bonds is 5. The molecule has 2 aromatic carbocycles. The number of aromatic nitrogens is 1. The van der Waals surface area contributed by atoms with E-state index in [9.17, 15) is 20.0 Å². The van der Waals surface area contributed by atoms with Crippen LogP contribution in [0.25, 0.3) is 10.9 Å². The number of pyridine rings is 1. The van der Waals surface area contributed by atoms with Gasteiger partial charge in [-0.1, -0.05) is 35.3 Å². The molecule has 0 bridgehead atoms. The highest BCUT2D eigenvalue weighted by Gasteiger charge is 2.17. The number of aliphatic hydroxyl groups excluding tert-OH is 1. The summed E-state index contributed by atoms with van der Waals surface area (Å²) in [5, 5.41) is 28.7. The number of aliphatic hydroxyl groups is 1. The van der Waals surface area contributed by atoms with Gasteiger partial charge >= 0.3 is 6.16 Å². The van der Waals surface area contributed by atoms with Gasteiger partial charge in [-0.3, -0.25) is 4.79 Å². The van der Waals surface area contributed by atoms with Gasteiger partial charge in [-0.25, -0.2) is 4.79 Å². The molecule has 0 amide bonds. The number of halogens is 2. The molecule has 2 N–H and O–H groups in total. The van der Waals surface area contributed by atoms with Gasteiger partial charge in [0.05, 0.1) is 40.0 Å². The number of carbonyl (C=O) groups is 1. The highest BCUT2D eigenvalue weighted by molar-refractivity contribution is 6.42. The van der Waals surface area contributed by atoms with Gasteiger partial charge in [0, 0.05) is 18.4 Å². The molecule has 9 heteroatoms. The number of nitrogens with zero attached hydrogens (tertiary/aromatic N) is 2. The molecular weight excluding hydrogens is 419 g/mol. The number of benzene rings is 2. The van der Waals surface area contributed by atoms with Crippen molar-refractivity contribution in [2.24, 2.45) is 0 Å². The SMILES string of the molecule is N#Cc1cc2c(cc1Cc1cccc(Cl)c1Cl)c(=O)c(OC(=O)O)cn2CCO. The van der Waals surface area contributed by atoms with Crippen molar-refractivity contribution in [3.05, 3.63) is 73.5 Å². The molecule has 7 nitrogen and oxygen atoms in total. The van der Waals surface area contributed by atoms with Crippen molar-refractivity contribution in [1.82, 2.24) is 4.57 Å². The van der Waals surface area contributed by atoms with E-state index < -0.39 is 17.3 Å². The minimum absolute atomic E-state index is 0.0805. The van der Waals surface area contributed by atoms with Gasteiger partial charge in [-0.2, -0.15) is 5.26 Å². The van der Waals surface area contributed by atoms with E-state index in [2.05, 4.69) is 10.8 Å². The predicted molar refractivity (Wildman–Crippen MR) is 108 cm³/mol. The summed E-state index contributed by atoms with van der Waals surface area (Å²) in [6, 6.07) is 10.3. The Morgan fingerprint density at radius 3 is 2.66 bits per heavy atom. The third kappa shape index (κ3) is 4.20. The zero-order chi connectivity index (χ0) is 21.1. The zero-order valence-electron chi connectivity index (χ0n) is 14.9. The van der Waals surface area contributed by atoms with Crippen molar-refractivity contribution >= 4 is 40.3 Å². The summed E-state index contributed by atoms with van der Waals surface area (Å²) >= 11 is 12.3. The molecular formula is C20H14Cl2N2O5. The summed E-state index contributed by atoms with van der Waals surface area (Å²) in [4.78, 5) is 23.7. The summed E-state index contributed by atoms with van der Waals surface area (Å²) in [5.74, 6) is -0.394. The predicted octanol–water partition coefficient (Wildman–Crippen LogP) is 3.82. The van der Waals surface area contributed by atoms with Gasteiger partial charge < -0.3 is 19.5 Å². The molecule has 0 aliphatic carbocycles. The van der Waals surface area contributed by atoms with Crippen LogP contribution in [0.2, 0.25) is 10.0 Å². The Kier molecular flexibility index (Phi) is 6.09. The first-order valence-corrected chi connectivity index (χ1v) is 9.16. The van der Waals surface area contributed by atoms with Crippen LogP contribution in [0.3, 0.4) is 0 Å². The third-order valence-electron chi connectivity index (χ3n) is 4.34. The summed E-state index contributed by atoms with van der Waals surface area (Å²) in [6.07, 6.45) is -0.192. The van der Waals surface area contributed by atoms with Crippen LogP contribution in [-0.2, 0) is 13.0 Å². The van der Waals surface area contributed by atoms with Gasteiger partial charge in [-0.15, -0.1) is 0 Å². The molecule has 0 saturated carbocycles. The fraction of sp³-hybridized carbons (Fsp3) is 0.150. The van der Waals surface area contributed by atoms with Crippen molar-refractivity contribution in [1.29, 1.82) is 5.26 Å². The van der Waals surface area contributed by atoms with E-state index in [4.69, 9.17) is 28.3 Å². The lowest BCUT2D eigenvalue weighted by molar-refractivity contribution is 0.143. The van der Waals surface area contributed by atoms with E-state index in [1.165, 1.54) is 22.9 Å². The van der Waals surface area contributed by atoms with Gasteiger partial charge in [0.15, 0.2) is 5.75 Å². The maximum atomic E-state index is 12.8. The molecule has 0 fully saturated rings. The molecule has 0 aliphatic rings. The monoisotopic (exact) mass is 432 g/mol. The minimum Gasteiger partial charge on any atom is -0.449 e. The Labute approximate surface area is 174 Å². The van der Waals surface area contributed by atoms with Crippen LogP contribution in [0, 0.1) is 11.3 Å². The number of hydrogen-bond donors (Lipinski definition) is 2. The number of hydrogen-bond acceptors (Lipinski definition) is 5. The van der Waals surface area contributed by atoms with Crippen LogP contribution in [0.5, 0.6) is 5.75 Å². The molecule has 0 saturated heterocycles. The summed E-state index contributed by atoms with van der Waals surface area (Å²) in [6.45, 7) is -0.177. The van der Waals surface area contributed by atoms with Crippen LogP contribution in [-0.4, -0.2) is 27.5 Å². The van der Waals surface area contributed by atoms with Gasteiger partial charge in [0.2, 0.25) is 5.43 Å². The molecule has 3 rings (SSSR count). The van der Waals surface area contributed by atoms with E-state index in [1.54, 1.807) is 18.2 Å². The molecule has 0 atom stereocenters. The number of carboxylic acid groups (broad SMARTS) is 1. The minimum atomic E-state index is -1.63. The van der Waals surface area contributed by atoms with Gasteiger partial charge in [0.25, 0.3) is 0 Å². The smallest absolute Gasteiger partial charge is 0.449 e. The number of fused-ring (bicyclic) bond motifs is 1. The Morgan fingerprint density at radius 1 is 1.24 bits per heavy atom. The number of nitriles is 1. The fourth-order valence-corrected chi connectivity index (χ4v) is 3.44. The molecule has 0 aliphatic heterocycles. The Balaban J connectivity index is 2.25. The highest BCUT2D eigenvalue weighted by Crippen LogP contribution is 2.29. The topological polar surface area (TPSA) is 113 Å². The molecule has 29 heavy (non-hydrogen) atoms. The molecule has 3 aromatic rings. The largest absolute Gasteiger partial charge is 0.511 e. The van der Waals surface area contributed by atoms with Crippen molar-refractivity contribution in [3.8, 4) is 11.8 Å². The summed E-state index contributed by atoms with van der Waals surface area (Å²) in [5.41, 5.74) is 1.23. The quantitative estimate of drug-likeness (QED) is 0.592. The summed E-state index contributed by atoms with van der Waals surface area (Å²) in [7, 11) is 0. The third-order valence-corrected chi connectivity index (χ3v) is 5.20. The van der Waals surface area contributed by atoms with E-state index in [0.717, 1.165) is 0 Å². The van der Waals surface area contributed by atoms with Crippen molar-refractivity contribution in [2.75, 3.05) is 6.61 Å². The van der Waals surface area contributed by atoms with E-state index >= 15 is 0 Å². The molecule has 148 valence electrons. The first-order valence-electron chi connectivity index (χ1n) is 8.40. The average molecular weight is 433 g/mol. The first kappa shape index (κ1) is 20.7. The van der Waals surface area contributed by atoms with Gasteiger partial charge in [0.1, 0.15) is 0 Å². The molecule has 1 aromatic heterocycles. The van der Waals surface area contributed by atoms with Crippen LogP contribution in [0.1, 0.15) is 16.7 Å². The maximum Gasteiger partial charge on any atom is 0.511 e. The second-order valence-electron chi connectivity index (χ2n) is 6.14. The maximum absolute atomic E-state index is 12.8. The normalized spacial score (nSPS) is 10.7. The second kappa shape index (κ2) is 8.53. The highest BCUT2D eigenvalue weighted by atomic mass is 35.5. The van der Waals surface area contributed by atoms with Crippen molar-refractivity contribution in [3.63, 3.8) is 0 Å². The number of ether oxygens (including phenoxy) is 1. The van der Waals surface area contributed by atoms with E-state index in [-0.39, 0.29) is 25.0 Å². The lowest BCUT2D eigenvalue weighted by atomic mass is 9.97. The van der Waals surface area contributed by atoms with Crippen LogP contribution in [0.4, 0.5) is 4.79 Å². The molecule has 0 radical (unpaired) electrons. The molecule has 0 spiro atoms. The first-order chi connectivity index (χ1) is 13.8. The van der Waals surface area contributed by atoms with Crippen molar-refractivity contribution < 1.29 is 19.7 Å². The summed E-state index contributed by atoms with van der Waals surface area (Å²) < 4.78 is 6.05. The van der Waals surface area contributed by atoms with Crippen LogP contribution < -0.4 is 10.2 Å². The zero-order valence-corrected chi connectivity index (χ0v) is 16.4. The lowest BCUT2D eigenvalue weighted by Gasteiger charge is -2.14. The standard InChI is InChI=1S/C20H14Cl2N2O5/c21-15-3-1-2-11(18(15)22)6-12-7-14-16(8-13(12)9-23)24(4-5-25)10-17(19(14)26)29-20(27)28/h1-3,7-8,10,25H,4-6H2,(H,27,28). The Morgan fingerprint density at radius 2 is 2.00 bits per heavy atom. The molecule has 0 unspecified atom stereocenters. The Hall–Kier alpha value is -3.05. The Bertz CT molecular complexity index is 1210. The van der Waals surface area contributed by atoms with Crippen LogP contribution in [0.15, 0.2) is 41.3 Å². The van der Waals surface area contributed by atoms with Crippen molar-refractivity contribution in [2.45, 2.75) is 13.0 Å². The average Bonchev–Trinajstić information content (AvgIpc) is 2.68. The fourth-order valence-electron chi connectivity index (χ4n) is 3.06. The van der Waals surface area contributed by atoms with E-state index in [0.29, 0.717) is 32.3 Å². The van der Waals surface area contributed by atoms with E-state index in [1.807, 2.05) is 0 Å². The molecule has 1 heterocycles. The van der Waals surface area contributed by atoms with Gasteiger partial charge in [-0.05, 0) is 29.3 Å².